The van der Waals surface area contributed by atoms with Gasteiger partial charge in [0.1, 0.15) is 5.75 Å². The summed E-state index contributed by atoms with van der Waals surface area (Å²) in [5.41, 5.74) is 1.34. The van der Waals surface area contributed by atoms with Gasteiger partial charge in [-0.1, -0.05) is 32.4 Å². The standard InChI is InChI=1S/C14H23NO/c1-4-6-14(15-3)12-7-9-13(10-8-12)16-11-5-2/h7-10,14-15H,4-6,11H2,1-3H3. The van der Waals surface area contributed by atoms with Crippen LogP contribution in [-0.2, 0) is 0 Å². The lowest BCUT2D eigenvalue weighted by Gasteiger charge is -2.16. The van der Waals surface area contributed by atoms with Crippen LogP contribution in [0.4, 0.5) is 0 Å². The third-order valence-corrected chi connectivity index (χ3v) is 2.68. The zero-order valence-electron chi connectivity index (χ0n) is 10.6. The molecular weight excluding hydrogens is 198 g/mol. The number of nitrogens with one attached hydrogen (secondary N) is 1. The van der Waals surface area contributed by atoms with Crippen LogP contribution < -0.4 is 10.1 Å². The summed E-state index contributed by atoms with van der Waals surface area (Å²) >= 11 is 0. The summed E-state index contributed by atoms with van der Waals surface area (Å²) in [5, 5.41) is 3.34. The van der Waals surface area contributed by atoms with E-state index in [-0.39, 0.29) is 0 Å². The van der Waals surface area contributed by atoms with Crippen molar-refractivity contribution in [2.75, 3.05) is 13.7 Å². The first-order valence-electron chi connectivity index (χ1n) is 6.21. The van der Waals surface area contributed by atoms with Crippen LogP contribution in [0.5, 0.6) is 5.75 Å². The molecule has 0 saturated carbocycles. The van der Waals surface area contributed by atoms with E-state index in [4.69, 9.17) is 4.74 Å². The van der Waals surface area contributed by atoms with Crippen molar-refractivity contribution in [3.8, 4) is 5.75 Å². The highest BCUT2D eigenvalue weighted by molar-refractivity contribution is 5.29. The van der Waals surface area contributed by atoms with Crippen LogP contribution >= 0.6 is 0 Å². The Balaban J connectivity index is 2.61. The van der Waals surface area contributed by atoms with Crippen molar-refractivity contribution in [1.29, 1.82) is 0 Å². The zero-order chi connectivity index (χ0) is 11.8. The highest BCUT2D eigenvalue weighted by Gasteiger charge is 2.07. The lowest BCUT2D eigenvalue weighted by Crippen LogP contribution is -2.15. The Kier molecular flexibility index (Phi) is 5.94. The minimum atomic E-state index is 0.463. The van der Waals surface area contributed by atoms with Gasteiger partial charge < -0.3 is 10.1 Å². The van der Waals surface area contributed by atoms with Crippen molar-refractivity contribution in [2.45, 2.75) is 39.2 Å². The summed E-state index contributed by atoms with van der Waals surface area (Å²) in [6.45, 7) is 5.12. The predicted octanol–water partition coefficient (Wildman–Crippen LogP) is 3.54. The van der Waals surface area contributed by atoms with Gasteiger partial charge in [-0.25, -0.2) is 0 Å². The van der Waals surface area contributed by atoms with Gasteiger partial charge >= 0.3 is 0 Å². The quantitative estimate of drug-likeness (QED) is 0.760. The Labute approximate surface area is 99.0 Å². The van der Waals surface area contributed by atoms with Gasteiger partial charge in [0.15, 0.2) is 0 Å². The van der Waals surface area contributed by atoms with Gasteiger partial charge in [0.2, 0.25) is 0 Å². The van der Waals surface area contributed by atoms with Gasteiger partial charge in [-0.05, 0) is 37.6 Å². The van der Waals surface area contributed by atoms with E-state index in [0.717, 1.165) is 18.8 Å². The summed E-state index contributed by atoms with van der Waals surface area (Å²) < 4.78 is 5.56. The molecule has 0 heterocycles. The van der Waals surface area contributed by atoms with E-state index < -0.39 is 0 Å². The van der Waals surface area contributed by atoms with Gasteiger partial charge in [-0.15, -0.1) is 0 Å². The molecule has 1 rings (SSSR count). The fraction of sp³-hybridized carbons (Fsp3) is 0.571. The number of ether oxygens (including phenoxy) is 1. The van der Waals surface area contributed by atoms with Crippen LogP contribution in [0.3, 0.4) is 0 Å². The molecule has 0 aliphatic carbocycles. The summed E-state index contributed by atoms with van der Waals surface area (Å²) in [6.07, 6.45) is 3.42. The SMILES string of the molecule is CCCOc1ccc(C(CCC)NC)cc1. The van der Waals surface area contributed by atoms with E-state index >= 15 is 0 Å². The number of benzene rings is 1. The molecule has 0 aromatic heterocycles. The van der Waals surface area contributed by atoms with Crippen LogP contribution in [0.2, 0.25) is 0 Å². The van der Waals surface area contributed by atoms with Crippen molar-refractivity contribution in [3.63, 3.8) is 0 Å². The first-order chi connectivity index (χ1) is 7.81. The van der Waals surface area contributed by atoms with Crippen molar-refractivity contribution >= 4 is 0 Å². The minimum Gasteiger partial charge on any atom is -0.494 e. The monoisotopic (exact) mass is 221 g/mol. The fourth-order valence-electron chi connectivity index (χ4n) is 1.78. The largest absolute Gasteiger partial charge is 0.494 e. The molecule has 2 heteroatoms. The number of hydrogen-bond donors (Lipinski definition) is 1. The van der Waals surface area contributed by atoms with E-state index in [1.165, 1.54) is 18.4 Å². The Hall–Kier alpha value is -1.02. The fourth-order valence-corrected chi connectivity index (χ4v) is 1.78. The number of hydrogen-bond acceptors (Lipinski definition) is 2. The highest BCUT2D eigenvalue weighted by Crippen LogP contribution is 2.21. The van der Waals surface area contributed by atoms with Crippen molar-refractivity contribution in [1.82, 2.24) is 5.32 Å². The molecule has 0 spiro atoms. The van der Waals surface area contributed by atoms with Crippen LogP contribution in [0.25, 0.3) is 0 Å². The van der Waals surface area contributed by atoms with E-state index in [9.17, 15) is 0 Å². The molecule has 0 saturated heterocycles. The summed E-state index contributed by atoms with van der Waals surface area (Å²) in [6, 6.07) is 8.89. The summed E-state index contributed by atoms with van der Waals surface area (Å²) in [7, 11) is 2.02. The van der Waals surface area contributed by atoms with Crippen molar-refractivity contribution < 1.29 is 4.74 Å². The van der Waals surface area contributed by atoms with Crippen LogP contribution in [0.15, 0.2) is 24.3 Å². The number of rotatable bonds is 7. The maximum absolute atomic E-state index is 5.56. The van der Waals surface area contributed by atoms with E-state index in [1.807, 2.05) is 7.05 Å². The highest BCUT2D eigenvalue weighted by atomic mass is 16.5. The van der Waals surface area contributed by atoms with Gasteiger partial charge in [0.05, 0.1) is 6.61 Å². The van der Waals surface area contributed by atoms with Gasteiger partial charge in [-0.2, -0.15) is 0 Å². The van der Waals surface area contributed by atoms with Gasteiger partial charge in [0.25, 0.3) is 0 Å². The lowest BCUT2D eigenvalue weighted by atomic mass is 10.0. The molecule has 1 aromatic carbocycles. The summed E-state index contributed by atoms with van der Waals surface area (Å²) in [5.74, 6) is 0.969. The predicted molar refractivity (Wildman–Crippen MR) is 68.9 cm³/mol. The second kappa shape index (κ2) is 7.29. The zero-order valence-corrected chi connectivity index (χ0v) is 10.6. The third kappa shape index (κ3) is 3.86. The Bertz CT molecular complexity index is 281. The average molecular weight is 221 g/mol. The Morgan fingerprint density at radius 2 is 1.81 bits per heavy atom. The molecule has 2 nitrogen and oxygen atoms in total. The molecule has 0 bridgehead atoms. The maximum Gasteiger partial charge on any atom is 0.119 e. The van der Waals surface area contributed by atoms with E-state index in [0.29, 0.717) is 6.04 Å². The molecule has 16 heavy (non-hydrogen) atoms. The second-order valence-electron chi connectivity index (χ2n) is 4.05. The molecule has 90 valence electrons. The molecule has 1 aromatic rings. The Morgan fingerprint density at radius 3 is 2.31 bits per heavy atom. The van der Waals surface area contributed by atoms with E-state index in [1.54, 1.807) is 0 Å². The third-order valence-electron chi connectivity index (χ3n) is 2.68. The van der Waals surface area contributed by atoms with Crippen LogP contribution in [0.1, 0.15) is 44.7 Å². The molecule has 1 unspecified atom stereocenters. The molecule has 0 aliphatic rings. The smallest absolute Gasteiger partial charge is 0.119 e. The first-order valence-corrected chi connectivity index (χ1v) is 6.21. The minimum absolute atomic E-state index is 0.463. The maximum atomic E-state index is 5.56. The lowest BCUT2D eigenvalue weighted by molar-refractivity contribution is 0.317. The van der Waals surface area contributed by atoms with Gasteiger partial charge in [0, 0.05) is 6.04 Å². The van der Waals surface area contributed by atoms with Crippen LogP contribution in [-0.4, -0.2) is 13.7 Å². The van der Waals surface area contributed by atoms with Gasteiger partial charge in [-0.3, -0.25) is 0 Å². The van der Waals surface area contributed by atoms with Crippen molar-refractivity contribution in [3.05, 3.63) is 29.8 Å². The summed E-state index contributed by atoms with van der Waals surface area (Å²) in [4.78, 5) is 0. The molecular formula is C14H23NO. The normalized spacial score (nSPS) is 12.4. The second-order valence-corrected chi connectivity index (χ2v) is 4.05. The topological polar surface area (TPSA) is 21.3 Å². The first kappa shape index (κ1) is 13.0. The van der Waals surface area contributed by atoms with Crippen molar-refractivity contribution in [2.24, 2.45) is 0 Å². The van der Waals surface area contributed by atoms with E-state index in [2.05, 4.69) is 43.4 Å². The van der Waals surface area contributed by atoms with Crippen LogP contribution in [0, 0.1) is 0 Å². The molecule has 0 fully saturated rings. The Morgan fingerprint density at radius 1 is 1.12 bits per heavy atom. The average Bonchev–Trinajstić information content (AvgIpc) is 2.34. The molecule has 1 N–H and O–H groups in total. The molecule has 0 amide bonds. The molecule has 0 radical (unpaired) electrons. The molecule has 0 aliphatic heterocycles. The molecule has 1 atom stereocenters.